The van der Waals surface area contributed by atoms with E-state index in [0.717, 1.165) is 12.3 Å². The number of carbonyl (C=O) groups excluding carboxylic acids is 1. The van der Waals surface area contributed by atoms with Crippen molar-refractivity contribution in [2.45, 2.75) is 6.18 Å². The number of alkyl halides is 3. The molecule has 1 amide bonds. The van der Waals surface area contributed by atoms with Gasteiger partial charge in [-0.15, -0.1) is 0 Å². The highest BCUT2D eigenvalue weighted by atomic mass is 35.5. The first-order chi connectivity index (χ1) is 13.8. The molecule has 0 aliphatic carbocycles. The summed E-state index contributed by atoms with van der Waals surface area (Å²) in [6.45, 7) is 0. The van der Waals surface area contributed by atoms with E-state index in [1.807, 2.05) is 0 Å². The van der Waals surface area contributed by atoms with Crippen LogP contribution in [0.3, 0.4) is 0 Å². The van der Waals surface area contributed by atoms with Crippen LogP contribution >= 0.6 is 23.7 Å². The van der Waals surface area contributed by atoms with Gasteiger partial charge in [-0.25, -0.2) is 9.97 Å². The highest BCUT2D eigenvalue weighted by Crippen LogP contribution is 2.36. The van der Waals surface area contributed by atoms with E-state index in [4.69, 9.17) is 28.5 Å². The highest BCUT2D eigenvalue weighted by molar-refractivity contribution is 6.11. The second kappa shape index (κ2) is 8.18. The number of aromatic nitrogens is 2. The molecule has 1 aromatic carbocycles. The first-order valence-corrected chi connectivity index (χ1v) is 8.33. The summed E-state index contributed by atoms with van der Waals surface area (Å²) in [7, 11) is 1.34. The Morgan fingerprint density at radius 2 is 1.90 bits per heavy atom. The van der Waals surface area contributed by atoms with Gasteiger partial charge in [0.2, 0.25) is 0 Å². The molecular weight excluding hydrogens is 438 g/mol. The maximum atomic E-state index is 13.6. The van der Waals surface area contributed by atoms with Gasteiger partial charge in [0, 0.05) is 11.5 Å². The molecule has 0 aliphatic rings. The number of rotatable bonds is 5. The number of nitrogens with one attached hydrogen (secondary N) is 1. The fourth-order valence-corrected chi connectivity index (χ4v) is 2.72. The van der Waals surface area contributed by atoms with Gasteiger partial charge in [-0.05, 0) is 12.1 Å². The lowest BCUT2D eigenvalue weighted by Crippen LogP contribution is -2.21. The van der Waals surface area contributed by atoms with Crippen molar-refractivity contribution in [2.75, 3.05) is 12.4 Å². The maximum absolute atomic E-state index is 13.6. The number of fused-ring (bicyclic) bond motifs is 1. The third-order valence-electron chi connectivity index (χ3n) is 3.78. The van der Waals surface area contributed by atoms with Gasteiger partial charge in [0.15, 0.2) is 17.3 Å². The summed E-state index contributed by atoms with van der Waals surface area (Å²) < 4.78 is 54.7. The van der Waals surface area contributed by atoms with Gasteiger partial charge in [0.05, 0.1) is 18.9 Å². The van der Waals surface area contributed by atoms with Crippen molar-refractivity contribution in [3.63, 3.8) is 0 Å². The molecule has 29 heavy (non-hydrogen) atoms. The minimum Gasteiger partial charge on any atom is -0.494 e. The van der Waals surface area contributed by atoms with Crippen molar-refractivity contribution in [3.8, 4) is 17.2 Å². The van der Waals surface area contributed by atoms with Gasteiger partial charge in [-0.1, -0.05) is 12.1 Å². The number of hydrogen-bond acceptors (Lipinski definition) is 6. The quantitative estimate of drug-likeness (QED) is 0.594. The fourth-order valence-electron chi connectivity index (χ4n) is 2.51. The summed E-state index contributed by atoms with van der Waals surface area (Å²) in [5.74, 6) is -1.42. The van der Waals surface area contributed by atoms with E-state index in [-0.39, 0.29) is 34.0 Å². The molecule has 0 saturated heterocycles. The minimum atomic E-state index is -4.84. The molecule has 0 saturated carbocycles. The SMILES string of the molecule is COc1cccc2cc(C(F)(F)F)c(C(=O)Nc3ncc(OCl)cc3OCl)nc12. The number of nitrogens with zero attached hydrogens (tertiary/aromatic N) is 2. The van der Waals surface area contributed by atoms with Gasteiger partial charge in [-0.2, -0.15) is 13.2 Å². The molecule has 2 aromatic heterocycles. The molecule has 0 radical (unpaired) electrons. The van der Waals surface area contributed by atoms with E-state index in [9.17, 15) is 18.0 Å². The van der Waals surface area contributed by atoms with E-state index in [0.29, 0.717) is 0 Å². The maximum Gasteiger partial charge on any atom is 0.418 e. The third-order valence-corrected chi connectivity index (χ3v) is 4.13. The first kappa shape index (κ1) is 20.7. The first-order valence-electron chi connectivity index (χ1n) is 7.72. The Morgan fingerprint density at radius 3 is 2.52 bits per heavy atom. The van der Waals surface area contributed by atoms with Crippen molar-refractivity contribution in [3.05, 3.63) is 47.8 Å². The third kappa shape index (κ3) is 4.22. The Morgan fingerprint density at radius 1 is 1.14 bits per heavy atom. The van der Waals surface area contributed by atoms with E-state index in [2.05, 4.69) is 23.9 Å². The number of pyridine rings is 2. The van der Waals surface area contributed by atoms with Crippen LogP contribution in [0.2, 0.25) is 0 Å². The number of amides is 1. The minimum absolute atomic E-state index is 0.0323. The van der Waals surface area contributed by atoms with Crippen LogP contribution in [0.5, 0.6) is 17.2 Å². The molecule has 0 bridgehead atoms. The second-order valence-electron chi connectivity index (χ2n) is 5.54. The monoisotopic (exact) mass is 447 g/mol. The smallest absolute Gasteiger partial charge is 0.418 e. The number of hydrogen-bond donors (Lipinski definition) is 1. The number of anilines is 1. The molecular formula is C17H10Cl2F3N3O4. The summed E-state index contributed by atoms with van der Waals surface area (Å²) in [4.78, 5) is 20.3. The van der Waals surface area contributed by atoms with Crippen molar-refractivity contribution >= 4 is 46.4 Å². The zero-order valence-electron chi connectivity index (χ0n) is 14.4. The number of benzene rings is 1. The summed E-state index contributed by atoms with van der Waals surface area (Å²) in [5.41, 5.74) is -2.03. The Balaban J connectivity index is 2.11. The Labute approximate surface area is 171 Å². The van der Waals surface area contributed by atoms with E-state index in [1.54, 1.807) is 0 Å². The number of methoxy groups -OCH3 is 1. The molecule has 2 heterocycles. The topological polar surface area (TPSA) is 82.6 Å². The van der Waals surface area contributed by atoms with Crippen LogP contribution in [-0.4, -0.2) is 23.0 Å². The van der Waals surface area contributed by atoms with Crippen molar-refractivity contribution in [1.82, 2.24) is 9.97 Å². The van der Waals surface area contributed by atoms with Crippen LogP contribution in [0.15, 0.2) is 36.5 Å². The number of para-hydroxylation sites is 1. The molecule has 12 heteroatoms. The predicted molar refractivity (Wildman–Crippen MR) is 98.4 cm³/mol. The van der Waals surface area contributed by atoms with Crippen LogP contribution < -0.4 is 18.6 Å². The molecule has 0 spiro atoms. The van der Waals surface area contributed by atoms with Gasteiger partial charge in [-0.3, -0.25) is 4.79 Å². The summed E-state index contributed by atoms with van der Waals surface area (Å²) >= 11 is 10.5. The Kier molecular flexibility index (Phi) is 5.85. The van der Waals surface area contributed by atoms with Crippen LogP contribution in [0.4, 0.5) is 19.0 Å². The van der Waals surface area contributed by atoms with Crippen LogP contribution in [-0.2, 0) is 6.18 Å². The van der Waals surface area contributed by atoms with Crippen LogP contribution in [0, 0.1) is 0 Å². The fraction of sp³-hybridized carbons (Fsp3) is 0.118. The number of halogens is 5. The highest BCUT2D eigenvalue weighted by Gasteiger charge is 2.37. The molecule has 3 aromatic rings. The number of ether oxygens (including phenoxy) is 1. The van der Waals surface area contributed by atoms with Crippen LogP contribution in [0.1, 0.15) is 16.1 Å². The van der Waals surface area contributed by atoms with Gasteiger partial charge in [0.1, 0.15) is 40.7 Å². The summed E-state index contributed by atoms with van der Waals surface area (Å²) in [5, 5.41) is 2.33. The summed E-state index contributed by atoms with van der Waals surface area (Å²) in [6, 6.07) is 6.43. The van der Waals surface area contributed by atoms with E-state index >= 15 is 0 Å². The zero-order chi connectivity index (χ0) is 21.2. The van der Waals surface area contributed by atoms with E-state index in [1.165, 1.54) is 31.4 Å². The van der Waals surface area contributed by atoms with Crippen molar-refractivity contribution in [1.29, 1.82) is 0 Å². The van der Waals surface area contributed by atoms with Gasteiger partial charge < -0.3 is 18.6 Å². The second-order valence-corrected chi connectivity index (χ2v) is 5.85. The molecule has 7 nitrogen and oxygen atoms in total. The van der Waals surface area contributed by atoms with Crippen molar-refractivity contribution < 1.29 is 31.3 Å². The molecule has 0 unspecified atom stereocenters. The Hall–Kier alpha value is -2.98. The predicted octanol–water partition coefficient (Wildman–Crippen LogP) is 4.97. The summed E-state index contributed by atoms with van der Waals surface area (Å²) in [6.07, 6.45) is -3.74. The average molecular weight is 448 g/mol. The lowest BCUT2D eigenvalue weighted by molar-refractivity contribution is -0.138. The Bertz CT molecular complexity index is 1080. The average Bonchev–Trinajstić information content (AvgIpc) is 2.71. The largest absolute Gasteiger partial charge is 0.494 e. The number of carbonyl (C=O) groups is 1. The zero-order valence-corrected chi connectivity index (χ0v) is 15.9. The van der Waals surface area contributed by atoms with Gasteiger partial charge >= 0.3 is 6.18 Å². The molecule has 152 valence electrons. The molecule has 0 atom stereocenters. The molecule has 0 aliphatic heterocycles. The standard InChI is InChI=1S/C17H10Cl2F3N3O4/c1-27-11-4-2-3-8-5-10(17(20,21)22)14(24-13(8)11)16(26)25-15-12(29-19)6-9(28-18)7-23-15/h2-7H,1H3,(H,23,25,26). The lowest BCUT2D eigenvalue weighted by Gasteiger charge is -2.15. The normalized spacial score (nSPS) is 11.2. The van der Waals surface area contributed by atoms with Crippen molar-refractivity contribution in [2.24, 2.45) is 0 Å². The van der Waals surface area contributed by atoms with Gasteiger partial charge in [0.25, 0.3) is 5.91 Å². The molecule has 1 N–H and O–H groups in total. The van der Waals surface area contributed by atoms with Crippen LogP contribution in [0.25, 0.3) is 10.9 Å². The molecule has 3 rings (SSSR count). The van der Waals surface area contributed by atoms with E-state index < -0.39 is 23.3 Å². The molecule has 0 fully saturated rings. The lowest BCUT2D eigenvalue weighted by atomic mass is 10.1.